The second-order valence-corrected chi connectivity index (χ2v) is 6.53. The third-order valence-corrected chi connectivity index (χ3v) is 4.67. The molecule has 1 saturated carbocycles. The van der Waals surface area contributed by atoms with Crippen LogP contribution in [0.4, 0.5) is 0 Å². The van der Waals surface area contributed by atoms with Gasteiger partial charge in [-0.3, -0.25) is 9.88 Å². The zero-order valence-corrected chi connectivity index (χ0v) is 12.3. The van der Waals surface area contributed by atoms with E-state index in [1.807, 2.05) is 23.7 Å². The quantitative estimate of drug-likeness (QED) is 0.837. The minimum Gasteiger partial charge on any atom is -0.289 e. The lowest BCUT2D eigenvalue weighted by Gasteiger charge is -2.20. The first kappa shape index (κ1) is 12.8. The van der Waals surface area contributed by atoms with Crippen LogP contribution in [-0.4, -0.2) is 20.9 Å². The SMILES string of the molecule is Cc1nc(CN(Cc2ccncc2)C2CC2)sc1C. The van der Waals surface area contributed by atoms with E-state index in [1.54, 1.807) is 0 Å². The number of hydrogen-bond acceptors (Lipinski definition) is 4. The number of nitrogens with zero attached hydrogens (tertiary/aromatic N) is 3. The number of hydrogen-bond donors (Lipinski definition) is 0. The summed E-state index contributed by atoms with van der Waals surface area (Å²) in [6.45, 7) is 6.23. The van der Waals surface area contributed by atoms with E-state index < -0.39 is 0 Å². The van der Waals surface area contributed by atoms with Crippen molar-refractivity contribution < 1.29 is 0 Å². The van der Waals surface area contributed by atoms with Crippen LogP contribution in [0.15, 0.2) is 24.5 Å². The summed E-state index contributed by atoms with van der Waals surface area (Å²) in [4.78, 5) is 12.6. The highest BCUT2D eigenvalue weighted by Gasteiger charge is 2.29. The molecule has 19 heavy (non-hydrogen) atoms. The van der Waals surface area contributed by atoms with Gasteiger partial charge in [-0.05, 0) is 44.4 Å². The highest BCUT2D eigenvalue weighted by atomic mass is 32.1. The molecule has 3 nitrogen and oxygen atoms in total. The van der Waals surface area contributed by atoms with Crippen molar-refractivity contribution in [3.63, 3.8) is 0 Å². The number of thiazole rings is 1. The van der Waals surface area contributed by atoms with Gasteiger partial charge in [-0.1, -0.05) is 0 Å². The summed E-state index contributed by atoms with van der Waals surface area (Å²) in [5, 5.41) is 1.25. The van der Waals surface area contributed by atoms with Gasteiger partial charge in [0.2, 0.25) is 0 Å². The van der Waals surface area contributed by atoms with E-state index in [4.69, 9.17) is 0 Å². The van der Waals surface area contributed by atoms with E-state index in [-0.39, 0.29) is 0 Å². The monoisotopic (exact) mass is 273 g/mol. The molecule has 0 spiro atoms. The summed E-state index contributed by atoms with van der Waals surface area (Å²) in [5.74, 6) is 0. The molecule has 0 bridgehead atoms. The van der Waals surface area contributed by atoms with Crippen LogP contribution in [0.1, 0.15) is 34.0 Å². The maximum atomic E-state index is 4.67. The zero-order chi connectivity index (χ0) is 13.2. The van der Waals surface area contributed by atoms with Gasteiger partial charge in [0, 0.05) is 29.9 Å². The van der Waals surface area contributed by atoms with Crippen molar-refractivity contribution >= 4 is 11.3 Å². The van der Waals surface area contributed by atoms with Crippen LogP contribution in [0, 0.1) is 13.8 Å². The molecule has 4 heteroatoms. The summed E-state index contributed by atoms with van der Waals surface area (Å²) in [7, 11) is 0. The molecule has 0 unspecified atom stereocenters. The third kappa shape index (κ3) is 3.19. The molecule has 0 N–H and O–H groups in total. The number of rotatable bonds is 5. The van der Waals surface area contributed by atoms with Gasteiger partial charge >= 0.3 is 0 Å². The predicted molar refractivity (Wildman–Crippen MR) is 78.1 cm³/mol. The van der Waals surface area contributed by atoms with Gasteiger partial charge in [-0.2, -0.15) is 0 Å². The Kier molecular flexibility index (Phi) is 3.62. The van der Waals surface area contributed by atoms with Gasteiger partial charge < -0.3 is 0 Å². The molecular formula is C15H19N3S. The Morgan fingerprint density at radius 2 is 1.95 bits per heavy atom. The Morgan fingerprint density at radius 3 is 2.53 bits per heavy atom. The van der Waals surface area contributed by atoms with E-state index in [1.165, 1.54) is 34.0 Å². The van der Waals surface area contributed by atoms with E-state index >= 15 is 0 Å². The number of aromatic nitrogens is 2. The second kappa shape index (κ2) is 5.39. The molecule has 1 fully saturated rings. The van der Waals surface area contributed by atoms with Crippen LogP contribution in [0.5, 0.6) is 0 Å². The lowest BCUT2D eigenvalue weighted by molar-refractivity contribution is 0.245. The standard InChI is InChI=1S/C15H19N3S/c1-11-12(2)19-15(17-11)10-18(14-3-4-14)9-13-5-7-16-8-6-13/h5-8,14H,3-4,9-10H2,1-2H3. The smallest absolute Gasteiger partial charge is 0.107 e. The van der Waals surface area contributed by atoms with Crippen LogP contribution in [0.25, 0.3) is 0 Å². The molecule has 3 rings (SSSR count). The summed E-state index contributed by atoms with van der Waals surface area (Å²) < 4.78 is 0. The van der Waals surface area contributed by atoms with Crippen molar-refractivity contribution in [3.05, 3.63) is 45.7 Å². The fraction of sp³-hybridized carbons (Fsp3) is 0.467. The Bertz CT molecular complexity index is 526. The Balaban J connectivity index is 1.71. The lowest BCUT2D eigenvalue weighted by Crippen LogP contribution is -2.25. The van der Waals surface area contributed by atoms with Crippen LogP contribution in [-0.2, 0) is 13.1 Å². The van der Waals surface area contributed by atoms with Crippen molar-refractivity contribution in [1.29, 1.82) is 0 Å². The van der Waals surface area contributed by atoms with Crippen molar-refractivity contribution in [2.24, 2.45) is 0 Å². The van der Waals surface area contributed by atoms with E-state index in [9.17, 15) is 0 Å². The van der Waals surface area contributed by atoms with Crippen LogP contribution < -0.4 is 0 Å². The van der Waals surface area contributed by atoms with Crippen LogP contribution in [0.3, 0.4) is 0 Å². The molecule has 0 saturated heterocycles. The molecule has 0 radical (unpaired) electrons. The first-order chi connectivity index (χ1) is 9.22. The summed E-state index contributed by atoms with van der Waals surface area (Å²) in [6, 6.07) is 4.96. The van der Waals surface area contributed by atoms with Crippen molar-refractivity contribution in [1.82, 2.24) is 14.9 Å². The van der Waals surface area contributed by atoms with Gasteiger partial charge in [0.05, 0.1) is 12.2 Å². The fourth-order valence-electron chi connectivity index (χ4n) is 2.26. The van der Waals surface area contributed by atoms with Gasteiger partial charge in [0.1, 0.15) is 5.01 Å². The van der Waals surface area contributed by atoms with Gasteiger partial charge in [-0.15, -0.1) is 11.3 Å². The fourth-order valence-corrected chi connectivity index (χ4v) is 3.22. The molecule has 100 valence electrons. The normalized spacial score (nSPS) is 15.1. The molecular weight excluding hydrogens is 254 g/mol. The Labute approximate surface area is 118 Å². The maximum absolute atomic E-state index is 4.67. The molecule has 2 heterocycles. The van der Waals surface area contributed by atoms with E-state index in [2.05, 4.69) is 40.8 Å². The topological polar surface area (TPSA) is 29.0 Å². The first-order valence-electron chi connectivity index (χ1n) is 6.78. The molecule has 0 amide bonds. The maximum Gasteiger partial charge on any atom is 0.107 e. The highest BCUT2D eigenvalue weighted by Crippen LogP contribution is 2.30. The molecule has 0 aliphatic heterocycles. The molecule has 1 aliphatic rings. The van der Waals surface area contributed by atoms with Gasteiger partial charge in [0.25, 0.3) is 0 Å². The minimum atomic E-state index is 0.748. The average Bonchev–Trinajstić information content (AvgIpc) is 3.18. The Hall–Kier alpha value is -1.26. The molecule has 1 aliphatic carbocycles. The van der Waals surface area contributed by atoms with Crippen molar-refractivity contribution in [2.75, 3.05) is 0 Å². The van der Waals surface area contributed by atoms with Crippen molar-refractivity contribution in [2.45, 2.75) is 45.8 Å². The minimum absolute atomic E-state index is 0.748. The summed E-state index contributed by atoms with van der Waals surface area (Å²) in [5.41, 5.74) is 2.52. The van der Waals surface area contributed by atoms with Gasteiger partial charge in [0.15, 0.2) is 0 Å². The van der Waals surface area contributed by atoms with Gasteiger partial charge in [-0.25, -0.2) is 4.98 Å². The zero-order valence-electron chi connectivity index (χ0n) is 11.5. The summed E-state index contributed by atoms with van der Waals surface area (Å²) >= 11 is 1.83. The Morgan fingerprint density at radius 1 is 1.21 bits per heavy atom. The van der Waals surface area contributed by atoms with E-state index in [0.717, 1.165) is 19.1 Å². The predicted octanol–water partition coefficient (Wildman–Crippen LogP) is 3.32. The number of pyridine rings is 1. The lowest BCUT2D eigenvalue weighted by atomic mass is 10.2. The van der Waals surface area contributed by atoms with Crippen LogP contribution in [0.2, 0.25) is 0 Å². The summed E-state index contributed by atoms with van der Waals surface area (Å²) in [6.07, 6.45) is 6.40. The molecule has 2 aromatic heterocycles. The van der Waals surface area contributed by atoms with Crippen molar-refractivity contribution in [3.8, 4) is 0 Å². The first-order valence-corrected chi connectivity index (χ1v) is 7.60. The third-order valence-electron chi connectivity index (χ3n) is 3.61. The van der Waals surface area contributed by atoms with Crippen LogP contribution >= 0.6 is 11.3 Å². The molecule has 0 aromatic carbocycles. The molecule has 0 atom stereocenters. The highest BCUT2D eigenvalue weighted by molar-refractivity contribution is 7.11. The molecule has 2 aromatic rings. The van der Waals surface area contributed by atoms with E-state index in [0.29, 0.717) is 0 Å². The largest absolute Gasteiger partial charge is 0.289 e. The average molecular weight is 273 g/mol. The second-order valence-electron chi connectivity index (χ2n) is 5.24. The number of aryl methyl sites for hydroxylation is 2.